The highest BCUT2D eigenvalue weighted by molar-refractivity contribution is 6.24. The number of hydrogen-bond acceptors (Lipinski definition) is 4. The number of para-hydroxylation sites is 3. The van der Waals surface area contributed by atoms with E-state index in [-0.39, 0.29) is 10.8 Å². The van der Waals surface area contributed by atoms with Gasteiger partial charge in [-0.15, -0.1) is 0 Å². The van der Waals surface area contributed by atoms with Gasteiger partial charge in [0.2, 0.25) is 0 Å². The Bertz CT molecular complexity index is 3650. The SMILES string of the molecule is CC(C)(C)c1ccc2c(c1)c1cc(C(C)(C)C)ccc1n2-c1cc(C#N)cc(-n2c3ccc(N(c4ccccc4)c4ccccc4)cc3c3c4oc5ccccc5c4ccc32)c1C#N. The summed E-state index contributed by atoms with van der Waals surface area (Å²) in [5.74, 6) is 0. The fourth-order valence-electron chi connectivity index (χ4n) is 9.63. The van der Waals surface area contributed by atoms with Gasteiger partial charge in [-0.3, -0.25) is 0 Å². The zero-order valence-corrected chi connectivity index (χ0v) is 36.7. The molecule has 0 atom stereocenters. The third-order valence-corrected chi connectivity index (χ3v) is 12.9. The van der Waals surface area contributed by atoms with Gasteiger partial charge in [-0.05, 0) is 119 Å². The minimum Gasteiger partial charge on any atom is -0.455 e. The summed E-state index contributed by atoms with van der Waals surface area (Å²) in [6.07, 6.45) is 0. The number of hydrogen-bond donors (Lipinski definition) is 0. The summed E-state index contributed by atoms with van der Waals surface area (Å²) in [6.45, 7) is 13.4. The van der Waals surface area contributed by atoms with Crippen LogP contribution in [0.2, 0.25) is 0 Å². The van der Waals surface area contributed by atoms with Crippen molar-refractivity contribution in [1.29, 1.82) is 10.5 Å². The third kappa shape index (κ3) is 5.98. The molecule has 308 valence electrons. The maximum absolute atomic E-state index is 11.5. The number of fused-ring (bicyclic) bond motifs is 10. The second kappa shape index (κ2) is 14.2. The molecule has 0 amide bonds. The summed E-state index contributed by atoms with van der Waals surface area (Å²) >= 11 is 0. The zero-order chi connectivity index (χ0) is 44.1. The van der Waals surface area contributed by atoms with E-state index in [2.05, 4.69) is 189 Å². The van der Waals surface area contributed by atoms with Crippen molar-refractivity contribution in [3.05, 3.63) is 186 Å². The summed E-state index contributed by atoms with van der Waals surface area (Å²) in [6, 6.07) is 61.9. The smallest absolute Gasteiger partial charge is 0.145 e. The number of furan rings is 1. The van der Waals surface area contributed by atoms with Crippen LogP contribution in [0.1, 0.15) is 63.8 Å². The Labute approximate surface area is 372 Å². The lowest BCUT2D eigenvalue weighted by Gasteiger charge is -2.25. The number of nitriles is 2. The van der Waals surface area contributed by atoms with Gasteiger partial charge < -0.3 is 18.5 Å². The number of anilines is 3. The molecule has 0 aliphatic rings. The fourth-order valence-corrected chi connectivity index (χ4v) is 9.63. The van der Waals surface area contributed by atoms with Crippen molar-refractivity contribution < 1.29 is 4.42 Å². The first-order valence-electron chi connectivity index (χ1n) is 21.8. The van der Waals surface area contributed by atoms with E-state index < -0.39 is 0 Å². The molecule has 0 N–H and O–H groups in total. The molecule has 0 saturated carbocycles. The maximum Gasteiger partial charge on any atom is 0.145 e. The van der Waals surface area contributed by atoms with E-state index in [4.69, 9.17) is 4.42 Å². The Hall–Kier alpha value is -8.06. The maximum atomic E-state index is 11.5. The highest BCUT2D eigenvalue weighted by Gasteiger charge is 2.27. The van der Waals surface area contributed by atoms with E-state index in [1.54, 1.807) is 0 Å². The molecule has 11 aromatic rings. The van der Waals surface area contributed by atoms with E-state index in [0.29, 0.717) is 22.5 Å². The standard InChI is InChI=1S/C58H45N5O/c1-57(2,3)37-21-25-48-44(31-37)45-32-38(58(4,5)6)22-26-49(45)62(48)52-29-36(34-59)30-53(47(52)35-60)63-50-27-23-41(61(39-15-9-7-10-16-39)40-17-11-8-12-18-40)33-46(50)55-51(63)28-24-43-42-19-13-14-20-54(42)64-56(43)55/h7-33H,1-6H3. The van der Waals surface area contributed by atoms with E-state index in [1.165, 1.54) is 11.1 Å². The lowest BCUT2D eigenvalue weighted by molar-refractivity contribution is 0.590. The van der Waals surface area contributed by atoms with E-state index in [9.17, 15) is 10.5 Å². The fraction of sp³-hybridized carbons (Fsp3) is 0.138. The van der Waals surface area contributed by atoms with Crippen LogP contribution in [0.5, 0.6) is 0 Å². The van der Waals surface area contributed by atoms with Gasteiger partial charge in [0.15, 0.2) is 0 Å². The molecule has 3 heterocycles. The molecular formula is C58H45N5O. The van der Waals surface area contributed by atoms with Crippen molar-refractivity contribution in [2.75, 3.05) is 4.90 Å². The molecular weight excluding hydrogens is 783 g/mol. The molecule has 0 unspecified atom stereocenters. The van der Waals surface area contributed by atoms with Crippen LogP contribution in [0.3, 0.4) is 0 Å². The van der Waals surface area contributed by atoms with Crippen molar-refractivity contribution in [3.63, 3.8) is 0 Å². The summed E-state index contributed by atoms with van der Waals surface area (Å²) in [5.41, 5.74) is 12.8. The van der Waals surface area contributed by atoms with Gasteiger partial charge >= 0.3 is 0 Å². The second-order valence-electron chi connectivity index (χ2n) is 18.9. The van der Waals surface area contributed by atoms with Crippen molar-refractivity contribution in [2.24, 2.45) is 0 Å². The lowest BCUT2D eigenvalue weighted by atomic mass is 9.85. The van der Waals surface area contributed by atoms with E-state index >= 15 is 0 Å². The zero-order valence-electron chi connectivity index (χ0n) is 36.7. The number of aromatic nitrogens is 2. The Morgan fingerprint density at radius 3 is 1.53 bits per heavy atom. The Morgan fingerprint density at radius 1 is 0.453 bits per heavy atom. The van der Waals surface area contributed by atoms with Gasteiger partial charge in [0.25, 0.3) is 0 Å². The minimum atomic E-state index is -0.0726. The largest absolute Gasteiger partial charge is 0.455 e. The summed E-state index contributed by atoms with van der Waals surface area (Å²) in [7, 11) is 0. The average molecular weight is 828 g/mol. The molecule has 0 radical (unpaired) electrons. The van der Waals surface area contributed by atoms with Gasteiger partial charge in [0, 0.05) is 44.0 Å². The Balaban J connectivity index is 1.25. The quantitative estimate of drug-likeness (QED) is 0.173. The van der Waals surface area contributed by atoms with Crippen molar-refractivity contribution >= 4 is 82.6 Å². The lowest BCUT2D eigenvalue weighted by Crippen LogP contribution is -2.10. The van der Waals surface area contributed by atoms with Crippen LogP contribution in [0.25, 0.3) is 76.9 Å². The van der Waals surface area contributed by atoms with Crippen LogP contribution in [0, 0.1) is 22.7 Å². The average Bonchev–Trinajstić information content (AvgIpc) is 3.95. The molecule has 11 rings (SSSR count). The van der Waals surface area contributed by atoms with Crippen LogP contribution >= 0.6 is 0 Å². The van der Waals surface area contributed by atoms with Crippen LogP contribution in [0.15, 0.2) is 168 Å². The highest BCUT2D eigenvalue weighted by Crippen LogP contribution is 2.46. The molecule has 6 nitrogen and oxygen atoms in total. The van der Waals surface area contributed by atoms with Gasteiger partial charge in [0.05, 0.1) is 50.5 Å². The Morgan fingerprint density at radius 2 is 0.969 bits per heavy atom. The summed E-state index contributed by atoms with van der Waals surface area (Å²) < 4.78 is 11.1. The molecule has 0 aliphatic heterocycles. The van der Waals surface area contributed by atoms with Crippen molar-refractivity contribution in [2.45, 2.75) is 52.4 Å². The monoisotopic (exact) mass is 827 g/mol. The minimum absolute atomic E-state index is 0.0726. The predicted molar refractivity (Wildman–Crippen MR) is 264 cm³/mol. The molecule has 8 aromatic carbocycles. The second-order valence-corrected chi connectivity index (χ2v) is 18.9. The van der Waals surface area contributed by atoms with Gasteiger partial charge in [-0.2, -0.15) is 10.5 Å². The predicted octanol–water partition coefficient (Wildman–Crippen LogP) is 15.6. The number of benzene rings is 8. The van der Waals surface area contributed by atoms with Gasteiger partial charge in [-0.25, -0.2) is 0 Å². The molecule has 0 spiro atoms. The van der Waals surface area contributed by atoms with E-state index in [1.807, 2.05) is 42.5 Å². The third-order valence-electron chi connectivity index (χ3n) is 12.9. The molecule has 0 saturated heterocycles. The molecule has 0 aliphatic carbocycles. The van der Waals surface area contributed by atoms with Crippen LogP contribution in [0.4, 0.5) is 17.1 Å². The molecule has 6 heteroatoms. The first-order chi connectivity index (χ1) is 30.9. The van der Waals surface area contributed by atoms with Crippen molar-refractivity contribution in [1.82, 2.24) is 9.13 Å². The normalized spacial score (nSPS) is 12.2. The molecule has 0 fully saturated rings. The molecule has 3 aromatic heterocycles. The molecule has 0 bridgehead atoms. The van der Waals surface area contributed by atoms with E-state index in [0.717, 1.165) is 82.6 Å². The number of rotatable bonds is 5. The van der Waals surface area contributed by atoms with Crippen molar-refractivity contribution in [3.8, 4) is 23.5 Å². The van der Waals surface area contributed by atoms with Gasteiger partial charge in [-0.1, -0.05) is 108 Å². The van der Waals surface area contributed by atoms with Crippen LogP contribution in [-0.4, -0.2) is 9.13 Å². The van der Waals surface area contributed by atoms with Crippen LogP contribution < -0.4 is 4.90 Å². The first-order valence-corrected chi connectivity index (χ1v) is 21.8. The molecule has 64 heavy (non-hydrogen) atoms. The van der Waals surface area contributed by atoms with Gasteiger partial charge in [0.1, 0.15) is 22.8 Å². The topological polar surface area (TPSA) is 73.8 Å². The van der Waals surface area contributed by atoms with Crippen LogP contribution in [-0.2, 0) is 10.8 Å². The Kier molecular flexibility index (Phi) is 8.64. The first kappa shape index (κ1) is 38.8. The summed E-state index contributed by atoms with van der Waals surface area (Å²) in [5, 5.41) is 28.5. The number of nitrogens with zero attached hydrogens (tertiary/aromatic N) is 5. The summed E-state index contributed by atoms with van der Waals surface area (Å²) in [4.78, 5) is 2.26. The highest BCUT2D eigenvalue weighted by atomic mass is 16.3.